The summed E-state index contributed by atoms with van der Waals surface area (Å²) in [5.74, 6) is -1.01. The summed E-state index contributed by atoms with van der Waals surface area (Å²) in [6.45, 7) is 13.6. The number of esters is 1. The first-order chi connectivity index (χ1) is 6.92. The fourth-order valence-electron chi connectivity index (χ4n) is 0.252. The van der Waals surface area contributed by atoms with Gasteiger partial charge in [0.05, 0.1) is 17.1 Å². The molecule has 0 aliphatic rings. The molecule has 4 nitrogen and oxygen atoms in total. The van der Waals surface area contributed by atoms with Crippen LogP contribution in [0, 0.1) is 10.8 Å². The fourth-order valence-corrected chi connectivity index (χ4v) is 0.252. The summed E-state index contributed by atoms with van der Waals surface area (Å²) in [4.78, 5) is 20.8. The largest absolute Gasteiger partial charge is 0.481 e. The van der Waals surface area contributed by atoms with Crippen LogP contribution in [0.2, 0.25) is 0 Å². The van der Waals surface area contributed by atoms with Gasteiger partial charge in [-0.15, -0.1) is 0 Å². The van der Waals surface area contributed by atoms with Crippen LogP contribution < -0.4 is 0 Å². The van der Waals surface area contributed by atoms with E-state index in [1.54, 1.807) is 41.5 Å². The van der Waals surface area contributed by atoms with Crippen molar-refractivity contribution in [1.82, 2.24) is 0 Å². The van der Waals surface area contributed by atoms with E-state index >= 15 is 0 Å². The molecule has 0 spiro atoms. The third kappa shape index (κ3) is 9.24. The van der Waals surface area contributed by atoms with Gasteiger partial charge in [0.25, 0.3) is 0 Å². The molecular weight excluding hydrogens is 208 g/mol. The van der Waals surface area contributed by atoms with Crippen LogP contribution >= 0.6 is 0 Å². The molecule has 0 saturated carbocycles. The van der Waals surface area contributed by atoms with Crippen molar-refractivity contribution in [3.8, 4) is 0 Å². The third-order valence-corrected chi connectivity index (χ3v) is 1.44. The fraction of sp³-hybridized carbons (Fsp3) is 0.667. The number of carboxylic acid groups (broad SMARTS) is 1. The average molecular weight is 230 g/mol. The molecule has 0 unspecified atom stereocenters. The van der Waals surface area contributed by atoms with E-state index in [-0.39, 0.29) is 5.97 Å². The first-order valence-electron chi connectivity index (χ1n) is 4.98. The Bertz CT molecular complexity index is 253. The zero-order chi connectivity index (χ0) is 13.6. The molecule has 0 rings (SSSR count). The van der Waals surface area contributed by atoms with Gasteiger partial charge in [-0.3, -0.25) is 9.59 Å². The van der Waals surface area contributed by atoms with Crippen LogP contribution in [-0.2, 0) is 14.3 Å². The number of hydrogen-bond donors (Lipinski definition) is 1. The summed E-state index contributed by atoms with van der Waals surface area (Å²) in [6, 6.07) is 0. The lowest BCUT2D eigenvalue weighted by Crippen LogP contribution is -2.20. The number of aliphatic carboxylic acids is 1. The predicted octanol–water partition coefficient (Wildman–Crippen LogP) is 2.84. The monoisotopic (exact) mass is 230 g/mol. The van der Waals surface area contributed by atoms with E-state index in [9.17, 15) is 9.59 Å². The molecule has 1 N–H and O–H groups in total. The summed E-state index contributed by atoms with van der Waals surface area (Å²) in [5, 5.41) is 8.25. The quantitative estimate of drug-likeness (QED) is 0.555. The lowest BCUT2D eigenvalue weighted by molar-refractivity contribution is -0.147. The van der Waals surface area contributed by atoms with E-state index in [0.717, 1.165) is 6.26 Å². The van der Waals surface area contributed by atoms with Crippen molar-refractivity contribution in [2.45, 2.75) is 41.5 Å². The van der Waals surface area contributed by atoms with Gasteiger partial charge in [0.1, 0.15) is 0 Å². The molecule has 0 heterocycles. The van der Waals surface area contributed by atoms with Gasteiger partial charge in [-0.2, -0.15) is 0 Å². The number of hydrogen-bond acceptors (Lipinski definition) is 3. The Morgan fingerprint density at radius 2 is 1.38 bits per heavy atom. The lowest BCUT2D eigenvalue weighted by Gasteiger charge is -2.13. The minimum absolute atomic E-state index is 0.252. The Labute approximate surface area is 97.3 Å². The highest BCUT2D eigenvalue weighted by Crippen LogP contribution is 2.14. The molecule has 16 heavy (non-hydrogen) atoms. The number of ether oxygens (including phenoxy) is 1. The first-order valence-corrected chi connectivity index (χ1v) is 4.98. The molecular formula is C12H22O4. The Hall–Kier alpha value is -1.32. The molecule has 0 saturated heterocycles. The number of carboxylic acids is 1. The number of rotatable bonds is 1. The van der Waals surface area contributed by atoms with Crippen molar-refractivity contribution in [1.29, 1.82) is 0 Å². The Balaban J connectivity index is 0. The van der Waals surface area contributed by atoms with Crippen molar-refractivity contribution < 1.29 is 19.4 Å². The molecule has 0 aromatic carbocycles. The molecule has 0 fully saturated rings. The Morgan fingerprint density at radius 1 is 1.06 bits per heavy atom. The van der Waals surface area contributed by atoms with Crippen molar-refractivity contribution in [2.24, 2.45) is 10.8 Å². The zero-order valence-corrected chi connectivity index (χ0v) is 11.0. The highest BCUT2D eigenvalue weighted by Gasteiger charge is 2.21. The minimum atomic E-state index is -0.757. The van der Waals surface area contributed by atoms with Gasteiger partial charge in [-0.05, 0) is 41.5 Å². The topological polar surface area (TPSA) is 63.6 Å². The maximum atomic E-state index is 10.8. The predicted molar refractivity (Wildman–Crippen MR) is 62.8 cm³/mol. The molecule has 0 bridgehead atoms. The summed E-state index contributed by atoms with van der Waals surface area (Å²) in [6.07, 6.45) is 1.15. The maximum absolute atomic E-state index is 10.8. The molecule has 0 atom stereocenters. The van der Waals surface area contributed by atoms with Crippen LogP contribution in [0.15, 0.2) is 12.8 Å². The van der Waals surface area contributed by atoms with Crippen LogP contribution in [-0.4, -0.2) is 17.0 Å². The number of carbonyl (C=O) groups excluding carboxylic acids is 1. The smallest absolute Gasteiger partial charge is 0.316 e. The van der Waals surface area contributed by atoms with Gasteiger partial charge in [0.2, 0.25) is 0 Å². The normalized spacial score (nSPS) is 10.9. The van der Waals surface area contributed by atoms with Crippen LogP contribution in [0.25, 0.3) is 0 Å². The molecule has 0 aromatic rings. The van der Waals surface area contributed by atoms with Crippen molar-refractivity contribution in [3.63, 3.8) is 0 Å². The van der Waals surface area contributed by atoms with Gasteiger partial charge in [0.15, 0.2) is 0 Å². The van der Waals surface area contributed by atoms with E-state index in [1.807, 2.05) is 0 Å². The molecule has 0 aliphatic carbocycles. The van der Waals surface area contributed by atoms with Gasteiger partial charge >= 0.3 is 11.9 Å². The van der Waals surface area contributed by atoms with Gasteiger partial charge < -0.3 is 9.84 Å². The van der Waals surface area contributed by atoms with Crippen molar-refractivity contribution in [2.75, 3.05) is 0 Å². The van der Waals surface area contributed by atoms with Crippen LogP contribution in [0.4, 0.5) is 0 Å². The van der Waals surface area contributed by atoms with Gasteiger partial charge in [0, 0.05) is 0 Å². The highest BCUT2D eigenvalue weighted by molar-refractivity contribution is 5.75. The second kappa shape index (κ2) is 6.30. The zero-order valence-electron chi connectivity index (χ0n) is 11.0. The average Bonchev–Trinajstić information content (AvgIpc) is 2.02. The van der Waals surface area contributed by atoms with E-state index in [2.05, 4.69) is 11.3 Å². The van der Waals surface area contributed by atoms with Crippen LogP contribution in [0.1, 0.15) is 41.5 Å². The molecule has 4 heteroatoms. The summed E-state index contributed by atoms with van der Waals surface area (Å²) in [5.41, 5.74) is -1.01. The molecule has 0 radical (unpaired) electrons. The molecule has 0 aliphatic heterocycles. The van der Waals surface area contributed by atoms with E-state index in [1.165, 1.54) is 0 Å². The first kappa shape index (κ1) is 17.1. The van der Waals surface area contributed by atoms with E-state index in [4.69, 9.17) is 5.11 Å². The summed E-state index contributed by atoms with van der Waals surface area (Å²) < 4.78 is 4.53. The standard InChI is InChI=1S/C7H12O2.C5H10O2/c1-5-9-6(8)7(2,3)4;1-5(2,3)4(6)7/h5H,1H2,2-4H3;1-3H3,(H,6,7). The van der Waals surface area contributed by atoms with E-state index < -0.39 is 16.8 Å². The minimum Gasteiger partial charge on any atom is -0.481 e. The van der Waals surface area contributed by atoms with Crippen molar-refractivity contribution >= 4 is 11.9 Å². The number of carbonyl (C=O) groups is 2. The molecule has 0 amide bonds. The lowest BCUT2D eigenvalue weighted by atomic mass is 9.98. The summed E-state index contributed by atoms with van der Waals surface area (Å²) >= 11 is 0. The van der Waals surface area contributed by atoms with Crippen molar-refractivity contribution in [3.05, 3.63) is 12.8 Å². The Kier molecular flexibility index (Phi) is 6.73. The SMILES string of the molecule is C=COC(=O)C(C)(C)C.CC(C)(C)C(=O)O. The third-order valence-electron chi connectivity index (χ3n) is 1.44. The second-order valence-electron chi connectivity index (χ2n) is 5.38. The highest BCUT2D eigenvalue weighted by atomic mass is 16.5. The van der Waals surface area contributed by atoms with Crippen LogP contribution in [0.3, 0.4) is 0 Å². The molecule has 0 aromatic heterocycles. The molecule has 94 valence electrons. The van der Waals surface area contributed by atoms with Gasteiger partial charge in [-0.25, -0.2) is 0 Å². The second-order valence-corrected chi connectivity index (χ2v) is 5.38. The van der Waals surface area contributed by atoms with Gasteiger partial charge in [-0.1, -0.05) is 6.58 Å². The summed E-state index contributed by atoms with van der Waals surface area (Å²) in [7, 11) is 0. The Morgan fingerprint density at radius 3 is 1.44 bits per heavy atom. The van der Waals surface area contributed by atoms with E-state index in [0.29, 0.717) is 0 Å². The maximum Gasteiger partial charge on any atom is 0.316 e. The van der Waals surface area contributed by atoms with Crippen LogP contribution in [0.5, 0.6) is 0 Å².